The Bertz CT molecular complexity index is 786. The van der Waals surface area contributed by atoms with Gasteiger partial charge in [-0.3, -0.25) is 0 Å². The van der Waals surface area contributed by atoms with Crippen molar-refractivity contribution in [3.05, 3.63) is 0 Å². The topological polar surface area (TPSA) is 36.9 Å². The fraction of sp³-hybridized carbons (Fsp3) is 1.00. The van der Waals surface area contributed by atoms with Crippen molar-refractivity contribution in [1.29, 1.82) is 0 Å². The minimum Gasteiger partial charge on any atom is -0.403 e. The summed E-state index contributed by atoms with van der Waals surface area (Å²) in [5.41, 5.74) is 0.418. The van der Waals surface area contributed by atoms with Crippen molar-refractivity contribution < 1.29 is 18.6 Å². The van der Waals surface area contributed by atoms with Gasteiger partial charge in [-0.25, -0.2) is 0 Å². The maximum Gasteiger partial charge on any atom is 0.458 e. The van der Waals surface area contributed by atoms with Crippen molar-refractivity contribution in [2.45, 2.75) is 164 Å². The zero-order chi connectivity index (χ0) is 28.1. The lowest BCUT2D eigenvalue weighted by Gasteiger charge is -2.60. The summed E-state index contributed by atoms with van der Waals surface area (Å²) in [6.07, 6.45) is 10.6. The molecule has 0 radical (unpaired) electrons. The maximum absolute atomic E-state index is 6.18. The lowest BCUT2D eigenvalue weighted by atomic mass is 9.43. The number of fused-ring (bicyclic) bond motifs is 4. The molecule has 6 atom stereocenters. The van der Waals surface area contributed by atoms with Gasteiger partial charge in [0.05, 0.1) is 22.4 Å². The summed E-state index contributed by atoms with van der Waals surface area (Å²) >= 11 is 0. The fourth-order valence-corrected chi connectivity index (χ4v) is 9.11. The summed E-state index contributed by atoms with van der Waals surface area (Å²) in [7, 11) is 0.00546. The molecule has 8 aliphatic rings. The smallest absolute Gasteiger partial charge is 0.403 e. The molecule has 224 valence electrons. The van der Waals surface area contributed by atoms with Gasteiger partial charge in [-0.1, -0.05) is 48.0 Å². The highest BCUT2D eigenvalue weighted by molar-refractivity contribution is 6.46. The van der Waals surface area contributed by atoms with E-state index in [1.807, 2.05) is 0 Å². The average molecular weight is 544 g/mol. The summed E-state index contributed by atoms with van der Waals surface area (Å²) in [6.45, 7) is 27.0. The molecule has 0 amide bonds. The van der Waals surface area contributed by atoms with Crippen LogP contribution in [0.1, 0.15) is 129 Å². The Balaban J connectivity index is 0.000000176. The Morgan fingerprint density at radius 2 is 0.769 bits per heavy atom. The Kier molecular flexibility index (Phi) is 8.19. The first-order valence-corrected chi connectivity index (χ1v) is 16.0. The molecule has 4 bridgehead atoms. The molecule has 2 aliphatic heterocycles. The lowest BCUT2D eigenvalue weighted by molar-refractivity contribution is -0.100. The van der Waals surface area contributed by atoms with Gasteiger partial charge >= 0.3 is 14.2 Å². The van der Waals surface area contributed by atoms with Crippen LogP contribution in [0, 0.1) is 46.3 Å². The highest BCUT2D eigenvalue weighted by Gasteiger charge is 2.59. The van der Waals surface area contributed by atoms with Gasteiger partial charge in [-0.15, -0.1) is 0 Å². The first-order valence-electron chi connectivity index (χ1n) is 16.0. The van der Waals surface area contributed by atoms with Crippen LogP contribution in [0.3, 0.4) is 0 Å². The molecule has 8 fully saturated rings. The van der Waals surface area contributed by atoms with Crippen LogP contribution >= 0.6 is 0 Å². The van der Waals surface area contributed by atoms with E-state index in [2.05, 4.69) is 83.1 Å². The number of rotatable bonds is 4. The Hall–Kier alpha value is -0.0301. The lowest BCUT2D eigenvalue weighted by Crippen LogP contribution is -2.53. The molecule has 6 aliphatic carbocycles. The summed E-state index contributed by atoms with van der Waals surface area (Å²) in [5.74, 6) is 5.35. The van der Waals surface area contributed by atoms with E-state index < -0.39 is 0 Å². The molecular weight excluding hydrogens is 482 g/mol. The molecule has 2 saturated heterocycles. The molecule has 39 heavy (non-hydrogen) atoms. The molecule has 0 aromatic carbocycles. The first-order chi connectivity index (χ1) is 17.3. The van der Waals surface area contributed by atoms with Crippen molar-refractivity contribution in [2.75, 3.05) is 0 Å². The third kappa shape index (κ3) is 5.33. The monoisotopic (exact) mass is 544 g/mol. The van der Waals surface area contributed by atoms with E-state index in [1.54, 1.807) is 0 Å². The van der Waals surface area contributed by atoms with Crippen LogP contribution in [-0.2, 0) is 18.6 Å². The van der Waals surface area contributed by atoms with Crippen LogP contribution in [0.2, 0.25) is 12.6 Å². The predicted octanol–water partition coefficient (Wildman–Crippen LogP) is 8.94. The molecule has 0 spiro atoms. The van der Waals surface area contributed by atoms with Gasteiger partial charge in [-0.05, 0) is 140 Å². The summed E-state index contributed by atoms with van der Waals surface area (Å²) in [5, 5.41) is 0. The van der Waals surface area contributed by atoms with Gasteiger partial charge in [0.2, 0.25) is 0 Å². The van der Waals surface area contributed by atoms with Crippen LogP contribution in [0.4, 0.5) is 0 Å². The Morgan fingerprint density at radius 3 is 1.00 bits per heavy atom. The van der Waals surface area contributed by atoms with Crippen LogP contribution in [-0.4, -0.2) is 36.6 Å². The van der Waals surface area contributed by atoms with Gasteiger partial charge < -0.3 is 18.6 Å². The Labute approximate surface area is 243 Å². The highest BCUT2D eigenvalue weighted by Crippen LogP contribution is 2.63. The van der Waals surface area contributed by atoms with Crippen molar-refractivity contribution in [2.24, 2.45) is 46.3 Å². The largest absolute Gasteiger partial charge is 0.458 e. The molecule has 0 N–H and O–H groups in total. The second-order valence-corrected chi connectivity index (χ2v) is 17.2. The van der Waals surface area contributed by atoms with E-state index >= 15 is 0 Å². The van der Waals surface area contributed by atoms with Crippen LogP contribution in [0.25, 0.3) is 0 Å². The summed E-state index contributed by atoms with van der Waals surface area (Å²) in [4.78, 5) is 0. The zero-order valence-corrected chi connectivity index (χ0v) is 26.9. The van der Waals surface area contributed by atoms with Crippen LogP contribution < -0.4 is 0 Å². The number of hydrogen-bond donors (Lipinski definition) is 0. The van der Waals surface area contributed by atoms with Gasteiger partial charge in [0.25, 0.3) is 0 Å². The van der Waals surface area contributed by atoms with Gasteiger partial charge in [-0.2, -0.15) is 0 Å². The summed E-state index contributed by atoms with van der Waals surface area (Å²) in [6, 6.07) is 0. The van der Waals surface area contributed by atoms with Crippen LogP contribution in [0.15, 0.2) is 0 Å². The second-order valence-electron chi connectivity index (χ2n) is 17.2. The van der Waals surface area contributed by atoms with E-state index in [1.165, 1.54) is 38.5 Å². The van der Waals surface area contributed by atoms with Gasteiger partial charge in [0.1, 0.15) is 0 Å². The normalized spacial score (nSPS) is 40.9. The van der Waals surface area contributed by atoms with E-state index in [0.717, 1.165) is 48.1 Å². The molecular formula is C33H62B2O4. The van der Waals surface area contributed by atoms with Crippen molar-refractivity contribution in [1.82, 2.24) is 0 Å². The molecule has 8 rings (SSSR count). The third-order valence-electron chi connectivity index (χ3n) is 13.6. The quantitative estimate of drug-likeness (QED) is 0.331. The maximum atomic E-state index is 6.18. The molecule has 0 aromatic rings. The average Bonchev–Trinajstić information content (AvgIpc) is 3.11. The molecule has 6 saturated carbocycles. The molecule has 4 nitrogen and oxygen atoms in total. The van der Waals surface area contributed by atoms with Crippen molar-refractivity contribution >= 4 is 14.2 Å². The minimum absolute atomic E-state index is 0. The number of hydrogen-bond acceptors (Lipinski definition) is 4. The van der Waals surface area contributed by atoms with Gasteiger partial charge in [0, 0.05) is 0 Å². The SMILES string of the molecule is C.CC1(C)[C@H]2CC[C@@H](CB3OC(C)(C)C(C)(C)O3)[C@@H]1C2.CC1(C)[C@H]2CC[C@H](CB3OC(C)(C)C(C)(C)O3)[C@@H]1C2. The van der Waals surface area contributed by atoms with E-state index in [0.29, 0.717) is 10.8 Å². The fourth-order valence-electron chi connectivity index (χ4n) is 9.11. The third-order valence-corrected chi connectivity index (χ3v) is 13.6. The summed E-state index contributed by atoms with van der Waals surface area (Å²) < 4.78 is 24.7. The second kappa shape index (κ2) is 10.0. The molecule has 6 heteroatoms. The van der Waals surface area contributed by atoms with Crippen molar-refractivity contribution in [3.63, 3.8) is 0 Å². The zero-order valence-electron chi connectivity index (χ0n) is 26.9. The first kappa shape index (κ1) is 31.9. The van der Waals surface area contributed by atoms with Gasteiger partial charge in [0.15, 0.2) is 0 Å². The molecule has 2 heterocycles. The standard InChI is InChI=1S/2C16H29BO2.CH4/c2*1-14(2)12-8-7-11(13(14)9-12)10-17-18-15(3,4)16(5,6)19-17;/h2*11-13H,7-10H2,1-6H3;1H4/t11-,12+,13+;11-,12-,13-;/m10./s1. The molecule has 0 aromatic heterocycles. The predicted molar refractivity (Wildman–Crippen MR) is 165 cm³/mol. The van der Waals surface area contributed by atoms with E-state index in [-0.39, 0.29) is 44.1 Å². The highest BCUT2D eigenvalue weighted by atomic mass is 16.7. The van der Waals surface area contributed by atoms with Crippen LogP contribution in [0.5, 0.6) is 0 Å². The minimum atomic E-state index is -0.177. The van der Waals surface area contributed by atoms with Crippen molar-refractivity contribution in [3.8, 4) is 0 Å². The Morgan fingerprint density at radius 1 is 0.487 bits per heavy atom. The van der Waals surface area contributed by atoms with E-state index in [4.69, 9.17) is 18.6 Å². The molecule has 0 unspecified atom stereocenters. The van der Waals surface area contributed by atoms with E-state index in [9.17, 15) is 0 Å².